The van der Waals surface area contributed by atoms with Crippen molar-refractivity contribution >= 4 is 15.9 Å². The largest absolute Gasteiger partial charge is 0.342 e. The van der Waals surface area contributed by atoms with Crippen molar-refractivity contribution in [1.29, 1.82) is 0 Å². The number of hydrogen-bond donors (Lipinski definition) is 2. The summed E-state index contributed by atoms with van der Waals surface area (Å²) in [5.74, 6) is 1.01. The highest BCUT2D eigenvalue weighted by Crippen LogP contribution is 2.24. The molecule has 1 heterocycles. The molecular formula is C12H14BrN3. The van der Waals surface area contributed by atoms with E-state index in [1.807, 2.05) is 12.3 Å². The third-order valence-electron chi connectivity index (χ3n) is 2.54. The van der Waals surface area contributed by atoms with Crippen molar-refractivity contribution < 1.29 is 0 Å². The molecule has 0 saturated carbocycles. The molecule has 0 saturated heterocycles. The minimum Gasteiger partial charge on any atom is -0.342 e. The van der Waals surface area contributed by atoms with E-state index in [9.17, 15) is 0 Å². The molecule has 0 spiro atoms. The molecule has 0 aliphatic heterocycles. The van der Waals surface area contributed by atoms with Crippen LogP contribution in [0, 0.1) is 0 Å². The molecule has 0 amide bonds. The summed E-state index contributed by atoms with van der Waals surface area (Å²) in [5.41, 5.74) is 8.94. The molecule has 0 fully saturated rings. The van der Waals surface area contributed by atoms with E-state index in [0.29, 0.717) is 6.54 Å². The van der Waals surface area contributed by atoms with Gasteiger partial charge in [-0.05, 0) is 23.3 Å². The monoisotopic (exact) mass is 279 g/mol. The van der Waals surface area contributed by atoms with Crippen molar-refractivity contribution in [3.8, 4) is 11.3 Å². The molecule has 4 heteroatoms. The zero-order valence-electron chi connectivity index (χ0n) is 9.13. The van der Waals surface area contributed by atoms with Gasteiger partial charge in [-0.1, -0.05) is 28.9 Å². The van der Waals surface area contributed by atoms with E-state index in [1.165, 1.54) is 0 Å². The van der Waals surface area contributed by atoms with Crippen LogP contribution in [0.1, 0.15) is 18.3 Å². The predicted octanol–water partition coefficient (Wildman–Crippen LogP) is 2.86. The summed E-state index contributed by atoms with van der Waals surface area (Å²) >= 11 is 3.48. The van der Waals surface area contributed by atoms with Crippen molar-refractivity contribution in [1.82, 2.24) is 9.97 Å². The van der Waals surface area contributed by atoms with Crippen molar-refractivity contribution in [3.05, 3.63) is 40.3 Å². The van der Waals surface area contributed by atoms with Gasteiger partial charge in [-0.15, -0.1) is 0 Å². The number of rotatable bonds is 3. The Morgan fingerprint density at radius 1 is 1.44 bits per heavy atom. The highest BCUT2D eigenvalue weighted by Gasteiger charge is 2.05. The van der Waals surface area contributed by atoms with Crippen LogP contribution in [-0.2, 0) is 13.0 Å². The molecule has 3 nitrogen and oxygen atoms in total. The fourth-order valence-corrected chi connectivity index (χ4v) is 2.00. The van der Waals surface area contributed by atoms with E-state index in [-0.39, 0.29) is 0 Å². The summed E-state index contributed by atoms with van der Waals surface area (Å²) in [6, 6.07) is 6.15. The highest BCUT2D eigenvalue weighted by atomic mass is 79.9. The summed E-state index contributed by atoms with van der Waals surface area (Å²) in [6.07, 6.45) is 2.78. The molecule has 0 unspecified atom stereocenters. The van der Waals surface area contributed by atoms with E-state index >= 15 is 0 Å². The summed E-state index contributed by atoms with van der Waals surface area (Å²) in [7, 11) is 0. The second-order valence-corrected chi connectivity index (χ2v) is 4.46. The number of aromatic nitrogens is 2. The van der Waals surface area contributed by atoms with Gasteiger partial charge in [0, 0.05) is 17.4 Å². The van der Waals surface area contributed by atoms with Crippen LogP contribution < -0.4 is 5.73 Å². The first-order chi connectivity index (χ1) is 7.74. The SMILES string of the molecule is CCc1ncc(-c2ccc(Br)c(CN)c2)[nH]1. The maximum Gasteiger partial charge on any atom is 0.106 e. The number of H-pyrrole nitrogens is 1. The van der Waals surface area contributed by atoms with Crippen molar-refractivity contribution in [3.63, 3.8) is 0 Å². The molecule has 2 rings (SSSR count). The van der Waals surface area contributed by atoms with Crippen LogP contribution in [0.2, 0.25) is 0 Å². The smallest absolute Gasteiger partial charge is 0.106 e. The van der Waals surface area contributed by atoms with Crippen LogP contribution >= 0.6 is 15.9 Å². The quantitative estimate of drug-likeness (QED) is 0.908. The summed E-state index contributed by atoms with van der Waals surface area (Å²) in [4.78, 5) is 7.57. The lowest BCUT2D eigenvalue weighted by molar-refractivity contribution is 0.990. The highest BCUT2D eigenvalue weighted by molar-refractivity contribution is 9.10. The van der Waals surface area contributed by atoms with Crippen LogP contribution in [0.4, 0.5) is 0 Å². The van der Waals surface area contributed by atoms with Gasteiger partial charge in [-0.3, -0.25) is 0 Å². The van der Waals surface area contributed by atoms with Gasteiger partial charge in [0.05, 0.1) is 11.9 Å². The van der Waals surface area contributed by atoms with Crippen LogP contribution in [-0.4, -0.2) is 9.97 Å². The van der Waals surface area contributed by atoms with Crippen LogP contribution in [0.3, 0.4) is 0 Å². The number of nitrogens with zero attached hydrogens (tertiary/aromatic N) is 1. The molecule has 0 radical (unpaired) electrons. The Bertz CT molecular complexity index is 491. The van der Waals surface area contributed by atoms with E-state index in [0.717, 1.165) is 33.5 Å². The molecule has 2 aromatic rings. The number of aromatic amines is 1. The Hall–Kier alpha value is -1.13. The zero-order valence-corrected chi connectivity index (χ0v) is 10.7. The van der Waals surface area contributed by atoms with Crippen LogP contribution in [0.5, 0.6) is 0 Å². The lowest BCUT2D eigenvalue weighted by Gasteiger charge is -2.04. The number of imidazole rings is 1. The Balaban J connectivity index is 2.40. The molecular weight excluding hydrogens is 266 g/mol. The standard InChI is InChI=1S/C12H14BrN3/c1-2-12-15-7-11(16-12)8-3-4-10(13)9(5-8)6-14/h3-5,7H,2,6,14H2,1H3,(H,15,16). The Morgan fingerprint density at radius 3 is 2.88 bits per heavy atom. The Labute approximate surface area is 103 Å². The minimum atomic E-state index is 0.531. The fourth-order valence-electron chi connectivity index (χ4n) is 1.59. The molecule has 1 aromatic heterocycles. The summed E-state index contributed by atoms with van der Waals surface area (Å²) in [5, 5.41) is 0. The molecule has 0 bridgehead atoms. The topological polar surface area (TPSA) is 54.7 Å². The van der Waals surface area contributed by atoms with E-state index in [4.69, 9.17) is 5.73 Å². The average Bonchev–Trinajstić information content (AvgIpc) is 2.78. The van der Waals surface area contributed by atoms with E-state index in [2.05, 4.69) is 45.0 Å². The number of hydrogen-bond acceptors (Lipinski definition) is 2. The van der Waals surface area contributed by atoms with E-state index in [1.54, 1.807) is 0 Å². The zero-order chi connectivity index (χ0) is 11.5. The maximum absolute atomic E-state index is 5.67. The van der Waals surface area contributed by atoms with Gasteiger partial charge >= 0.3 is 0 Å². The third-order valence-corrected chi connectivity index (χ3v) is 3.31. The number of benzene rings is 1. The third kappa shape index (κ3) is 2.18. The summed E-state index contributed by atoms with van der Waals surface area (Å²) < 4.78 is 1.05. The molecule has 84 valence electrons. The average molecular weight is 280 g/mol. The fraction of sp³-hybridized carbons (Fsp3) is 0.250. The lowest BCUT2D eigenvalue weighted by atomic mass is 10.1. The molecule has 1 aromatic carbocycles. The maximum atomic E-state index is 5.67. The first-order valence-electron chi connectivity index (χ1n) is 5.27. The molecule has 0 atom stereocenters. The van der Waals surface area contributed by atoms with Gasteiger partial charge in [-0.25, -0.2) is 4.98 Å². The van der Waals surface area contributed by atoms with Crippen molar-refractivity contribution in [2.75, 3.05) is 0 Å². The van der Waals surface area contributed by atoms with Crippen molar-refractivity contribution in [2.45, 2.75) is 19.9 Å². The van der Waals surface area contributed by atoms with Gasteiger partial charge < -0.3 is 10.7 Å². The second kappa shape index (κ2) is 4.80. The van der Waals surface area contributed by atoms with Gasteiger partial charge in [0.2, 0.25) is 0 Å². The summed E-state index contributed by atoms with van der Waals surface area (Å²) in [6.45, 7) is 2.61. The molecule has 0 aliphatic rings. The van der Waals surface area contributed by atoms with Gasteiger partial charge in [0.1, 0.15) is 5.82 Å². The second-order valence-electron chi connectivity index (χ2n) is 3.61. The van der Waals surface area contributed by atoms with Crippen LogP contribution in [0.15, 0.2) is 28.9 Å². The first-order valence-corrected chi connectivity index (χ1v) is 6.06. The minimum absolute atomic E-state index is 0.531. The van der Waals surface area contributed by atoms with Gasteiger partial charge in [-0.2, -0.15) is 0 Å². The molecule has 16 heavy (non-hydrogen) atoms. The molecule has 0 aliphatic carbocycles. The molecule has 3 N–H and O–H groups in total. The number of nitrogens with one attached hydrogen (secondary N) is 1. The predicted molar refractivity (Wildman–Crippen MR) is 69.0 cm³/mol. The normalized spacial score (nSPS) is 10.7. The Morgan fingerprint density at radius 2 is 2.25 bits per heavy atom. The van der Waals surface area contributed by atoms with Gasteiger partial charge in [0.25, 0.3) is 0 Å². The van der Waals surface area contributed by atoms with Crippen molar-refractivity contribution in [2.24, 2.45) is 5.73 Å². The van der Waals surface area contributed by atoms with Gasteiger partial charge in [0.15, 0.2) is 0 Å². The lowest BCUT2D eigenvalue weighted by Crippen LogP contribution is -1.97. The number of halogens is 1. The first kappa shape index (κ1) is 11.4. The number of nitrogens with two attached hydrogens (primary N) is 1. The van der Waals surface area contributed by atoms with E-state index < -0.39 is 0 Å². The van der Waals surface area contributed by atoms with Crippen LogP contribution in [0.25, 0.3) is 11.3 Å². The number of aryl methyl sites for hydroxylation is 1. The Kier molecular flexibility index (Phi) is 3.41.